The van der Waals surface area contributed by atoms with E-state index in [1.54, 1.807) is 6.92 Å². The summed E-state index contributed by atoms with van der Waals surface area (Å²) >= 11 is 0. The minimum atomic E-state index is 0.111. The first-order valence-corrected chi connectivity index (χ1v) is 6.05. The number of likely N-dealkylation sites (tertiary alicyclic amines) is 1. The molecular formula is C12H23NO3. The number of ether oxygens (including phenoxy) is 2. The van der Waals surface area contributed by atoms with E-state index in [1.165, 1.54) is 0 Å². The molecule has 1 amide bonds. The predicted octanol–water partition coefficient (Wildman–Crippen LogP) is 1.44. The van der Waals surface area contributed by atoms with Crippen molar-refractivity contribution in [1.82, 2.24) is 4.90 Å². The molecule has 4 nitrogen and oxygen atoms in total. The number of hydrogen-bond donors (Lipinski definition) is 0. The molecule has 1 saturated heterocycles. The van der Waals surface area contributed by atoms with Crippen molar-refractivity contribution in [3.05, 3.63) is 0 Å². The second kappa shape index (κ2) is 6.21. The van der Waals surface area contributed by atoms with Crippen molar-refractivity contribution in [1.29, 1.82) is 0 Å². The first-order valence-electron chi connectivity index (χ1n) is 6.05. The van der Waals surface area contributed by atoms with Gasteiger partial charge >= 0.3 is 0 Å². The van der Waals surface area contributed by atoms with E-state index in [0.717, 1.165) is 6.42 Å². The summed E-state index contributed by atoms with van der Waals surface area (Å²) < 4.78 is 11.2. The summed E-state index contributed by atoms with van der Waals surface area (Å²) in [5.41, 5.74) is 0. The van der Waals surface area contributed by atoms with Crippen LogP contribution in [0.1, 0.15) is 34.1 Å². The van der Waals surface area contributed by atoms with Crippen LogP contribution in [-0.2, 0) is 14.3 Å². The van der Waals surface area contributed by atoms with E-state index in [9.17, 15) is 4.79 Å². The van der Waals surface area contributed by atoms with Crippen molar-refractivity contribution in [2.24, 2.45) is 0 Å². The summed E-state index contributed by atoms with van der Waals surface area (Å²) in [6.07, 6.45) is 1.27. The average Bonchev–Trinajstić information content (AvgIpc) is 2.59. The zero-order valence-corrected chi connectivity index (χ0v) is 10.7. The Bertz CT molecular complexity index is 230. The van der Waals surface area contributed by atoms with E-state index >= 15 is 0 Å². The molecule has 0 aromatic heterocycles. The zero-order chi connectivity index (χ0) is 12.1. The van der Waals surface area contributed by atoms with Crippen molar-refractivity contribution >= 4 is 5.91 Å². The molecule has 94 valence electrons. The third-order valence-corrected chi connectivity index (χ3v) is 2.80. The molecule has 2 atom stereocenters. The molecule has 0 aliphatic carbocycles. The largest absolute Gasteiger partial charge is 0.377 e. The lowest BCUT2D eigenvalue weighted by Crippen LogP contribution is -2.37. The van der Waals surface area contributed by atoms with Gasteiger partial charge in [-0.3, -0.25) is 4.79 Å². The standard InChI is InChI=1S/C12H23NO3/c1-5-15-12-6-11(8-16-9(2)3)13(7-12)10(4)14/h9,11-12H,5-8H2,1-4H3/t11?,12-/m1/s1. The van der Waals surface area contributed by atoms with Gasteiger partial charge in [0.25, 0.3) is 0 Å². The molecule has 0 spiro atoms. The maximum absolute atomic E-state index is 11.5. The van der Waals surface area contributed by atoms with Crippen molar-refractivity contribution in [2.45, 2.75) is 52.4 Å². The van der Waals surface area contributed by atoms with Gasteiger partial charge in [0.15, 0.2) is 0 Å². The van der Waals surface area contributed by atoms with Crippen LogP contribution in [0.15, 0.2) is 0 Å². The van der Waals surface area contributed by atoms with E-state index in [-0.39, 0.29) is 24.2 Å². The average molecular weight is 229 g/mol. The normalized spacial score (nSPS) is 25.4. The lowest BCUT2D eigenvalue weighted by atomic mass is 10.2. The van der Waals surface area contributed by atoms with E-state index in [2.05, 4.69) is 0 Å². The molecular weight excluding hydrogens is 206 g/mol. The molecule has 1 heterocycles. The van der Waals surface area contributed by atoms with Crippen LogP contribution in [0.4, 0.5) is 0 Å². The van der Waals surface area contributed by atoms with Crippen LogP contribution < -0.4 is 0 Å². The highest BCUT2D eigenvalue weighted by Gasteiger charge is 2.34. The van der Waals surface area contributed by atoms with Crippen LogP contribution in [0, 0.1) is 0 Å². The Labute approximate surface area is 97.9 Å². The Balaban J connectivity index is 2.48. The Kier molecular flexibility index (Phi) is 5.22. The number of carbonyl (C=O) groups is 1. The number of rotatable bonds is 5. The van der Waals surface area contributed by atoms with Gasteiger partial charge < -0.3 is 14.4 Å². The summed E-state index contributed by atoms with van der Waals surface area (Å²) in [6, 6.07) is 0.177. The molecule has 1 unspecified atom stereocenters. The van der Waals surface area contributed by atoms with Crippen molar-refractivity contribution in [3.63, 3.8) is 0 Å². The summed E-state index contributed by atoms with van der Waals surface area (Å²) in [5, 5.41) is 0. The molecule has 0 saturated carbocycles. The lowest BCUT2D eigenvalue weighted by molar-refractivity contribution is -0.131. The molecule has 1 aliphatic rings. The van der Waals surface area contributed by atoms with Crippen molar-refractivity contribution < 1.29 is 14.3 Å². The topological polar surface area (TPSA) is 38.8 Å². The Hall–Kier alpha value is -0.610. The van der Waals surface area contributed by atoms with Gasteiger partial charge in [-0.2, -0.15) is 0 Å². The van der Waals surface area contributed by atoms with Gasteiger partial charge in [0.05, 0.1) is 24.9 Å². The maximum atomic E-state index is 11.5. The lowest BCUT2D eigenvalue weighted by Gasteiger charge is -2.23. The van der Waals surface area contributed by atoms with Crippen molar-refractivity contribution in [2.75, 3.05) is 19.8 Å². The molecule has 1 rings (SSSR count). The third-order valence-electron chi connectivity index (χ3n) is 2.80. The summed E-state index contributed by atoms with van der Waals surface area (Å²) in [5.74, 6) is 0.111. The van der Waals surface area contributed by atoms with Crippen LogP contribution >= 0.6 is 0 Å². The van der Waals surface area contributed by atoms with Gasteiger partial charge in [-0.25, -0.2) is 0 Å². The molecule has 1 fully saturated rings. The number of carbonyl (C=O) groups excluding carboxylic acids is 1. The summed E-state index contributed by atoms with van der Waals surface area (Å²) in [6.45, 7) is 9.62. The first kappa shape index (κ1) is 13.5. The predicted molar refractivity (Wildman–Crippen MR) is 62.3 cm³/mol. The van der Waals surface area contributed by atoms with Crippen LogP contribution in [-0.4, -0.2) is 48.8 Å². The second-order valence-electron chi connectivity index (χ2n) is 4.52. The summed E-state index contributed by atoms with van der Waals surface area (Å²) in [4.78, 5) is 13.3. The van der Waals surface area contributed by atoms with Crippen LogP contribution in [0.3, 0.4) is 0 Å². The van der Waals surface area contributed by atoms with Gasteiger partial charge in [-0.1, -0.05) is 0 Å². The fraction of sp³-hybridized carbons (Fsp3) is 0.917. The Morgan fingerprint density at radius 1 is 1.50 bits per heavy atom. The number of amides is 1. The van der Waals surface area contributed by atoms with Gasteiger partial charge in [0.1, 0.15) is 0 Å². The highest BCUT2D eigenvalue weighted by molar-refractivity contribution is 5.74. The molecule has 1 aliphatic heterocycles. The molecule has 0 bridgehead atoms. The monoisotopic (exact) mass is 229 g/mol. The SMILES string of the molecule is CCO[C@@H]1CC(COC(C)C)N(C(C)=O)C1. The third kappa shape index (κ3) is 3.76. The Morgan fingerprint density at radius 3 is 2.69 bits per heavy atom. The Morgan fingerprint density at radius 2 is 2.19 bits per heavy atom. The van der Waals surface area contributed by atoms with E-state index < -0.39 is 0 Å². The van der Waals surface area contributed by atoms with Crippen LogP contribution in [0.25, 0.3) is 0 Å². The quantitative estimate of drug-likeness (QED) is 0.716. The fourth-order valence-electron chi connectivity index (χ4n) is 2.08. The number of nitrogens with zero attached hydrogens (tertiary/aromatic N) is 1. The molecule has 0 radical (unpaired) electrons. The maximum Gasteiger partial charge on any atom is 0.219 e. The van der Waals surface area contributed by atoms with E-state index in [0.29, 0.717) is 19.8 Å². The highest BCUT2D eigenvalue weighted by atomic mass is 16.5. The summed E-state index contributed by atoms with van der Waals surface area (Å²) in [7, 11) is 0. The van der Waals surface area contributed by atoms with E-state index in [1.807, 2.05) is 25.7 Å². The van der Waals surface area contributed by atoms with Gasteiger partial charge in [-0.05, 0) is 27.2 Å². The van der Waals surface area contributed by atoms with Crippen LogP contribution in [0.5, 0.6) is 0 Å². The molecule has 0 aromatic carbocycles. The molecule has 0 N–H and O–H groups in total. The highest BCUT2D eigenvalue weighted by Crippen LogP contribution is 2.21. The van der Waals surface area contributed by atoms with Crippen molar-refractivity contribution in [3.8, 4) is 0 Å². The zero-order valence-electron chi connectivity index (χ0n) is 10.7. The van der Waals surface area contributed by atoms with Gasteiger partial charge in [0, 0.05) is 20.1 Å². The second-order valence-corrected chi connectivity index (χ2v) is 4.52. The van der Waals surface area contributed by atoms with Gasteiger partial charge in [0.2, 0.25) is 5.91 Å². The first-order chi connectivity index (χ1) is 7.54. The molecule has 0 aromatic rings. The minimum Gasteiger partial charge on any atom is -0.377 e. The molecule has 4 heteroatoms. The smallest absolute Gasteiger partial charge is 0.219 e. The molecule has 16 heavy (non-hydrogen) atoms. The van der Waals surface area contributed by atoms with Crippen LogP contribution in [0.2, 0.25) is 0 Å². The van der Waals surface area contributed by atoms with E-state index in [4.69, 9.17) is 9.47 Å². The fourth-order valence-corrected chi connectivity index (χ4v) is 2.08. The van der Waals surface area contributed by atoms with Gasteiger partial charge in [-0.15, -0.1) is 0 Å². The number of hydrogen-bond acceptors (Lipinski definition) is 3. The minimum absolute atomic E-state index is 0.111.